The van der Waals surface area contributed by atoms with Crippen LogP contribution >= 0.6 is 11.8 Å². The van der Waals surface area contributed by atoms with Crippen LogP contribution in [0.2, 0.25) is 0 Å². The van der Waals surface area contributed by atoms with E-state index in [1.165, 1.54) is 63.1 Å². The van der Waals surface area contributed by atoms with Crippen LogP contribution in [0.15, 0.2) is 11.6 Å². The monoisotopic (exact) mass is 644 g/mol. The molecule has 6 heteroatoms. The summed E-state index contributed by atoms with van der Waals surface area (Å²) in [6, 6.07) is -0.492. The summed E-state index contributed by atoms with van der Waals surface area (Å²) >= 11 is 1.44. The third-order valence-electron chi connectivity index (χ3n) is 13.8. The lowest BCUT2D eigenvalue weighted by Crippen LogP contribution is -2.58. The minimum atomic E-state index is -0.492. The van der Waals surface area contributed by atoms with Gasteiger partial charge < -0.3 is 10.5 Å². The standard InChI is InChI=1S/C39H68N2O3S/c1-25(2)12-11-13-26(3)30-16-17-31-29-15-14-27-22-28(18-20-38(27,9)32(29)19-21-39(30,31)10)44-34(42)24-45-23-33(35(40)43)41-37(7,8)36(4,5)6/h14,25-26,28-33,41H,11-13,15-24H2,1-10H3,(H2,40,43)/t26-,28?,29+,30-,31+,32+,33+,38+,39-/m1/s1. The molecule has 0 spiro atoms. The summed E-state index contributed by atoms with van der Waals surface area (Å²) in [4.78, 5) is 25.1. The highest BCUT2D eigenvalue weighted by Crippen LogP contribution is 2.67. The summed E-state index contributed by atoms with van der Waals surface area (Å²) in [7, 11) is 0. The molecule has 0 aromatic rings. The highest BCUT2D eigenvalue weighted by molar-refractivity contribution is 8.00. The maximum atomic E-state index is 12.9. The van der Waals surface area contributed by atoms with E-state index in [0.717, 1.165) is 54.8 Å². The van der Waals surface area contributed by atoms with Crippen molar-refractivity contribution in [2.75, 3.05) is 11.5 Å². The molecule has 4 aliphatic carbocycles. The van der Waals surface area contributed by atoms with Crippen LogP contribution in [-0.4, -0.2) is 41.1 Å². The van der Waals surface area contributed by atoms with Gasteiger partial charge in [-0.1, -0.05) is 86.3 Å². The zero-order valence-corrected chi connectivity index (χ0v) is 31.4. The third-order valence-corrected chi connectivity index (χ3v) is 14.8. The number of esters is 1. The van der Waals surface area contributed by atoms with Crippen molar-refractivity contribution in [1.82, 2.24) is 5.32 Å². The number of carbonyl (C=O) groups is 2. The zero-order chi connectivity index (χ0) is 33.4. The second kappa shape index (κ2) is 14.2. The molecule has 1 unspecified atom stereocenters. The summed E-state index contributed by atoms with van der Waals surface area (Å²) in [6.07, 6.45) is 16.5. The van der Waals surface area contributed by atoms with E-state index in [1.54, 1.807) is 5.57 Å². The van der Waals surface area contributed by atoms with E-state index in [9.17, 15) is 9.59 Å². The van der Waals surface area contributed by atoms with E-state index < -0.39 is 6.04 Å². The van der Waals surface area contributed by atoms with Crippen molar-refractivity contribution in [2.45, 2.75) is 158 Å². The van der Waals surface area contributed by atoms with Crippen molar-refractivity contribution >= 4 is 23.6 Å². The molecule has 9 atom stereocenters. The summed E-state index contributed by atoms with van der Waals surface area (Å²) < 4.78 is 6.05. The number of nitrogens with two attached hydrogens (primary N) is 1. The molecule has 4 aliphatic rings. The molecule has 45 heavy (non-hydrogen) atoms. The first-order valence-corrected chi connectivity index (χ1v) is 19.6. The molecular weight excluding hydrogens is 577 g/mol. The lowest BCUT2D eigenvalue weighted by atomic mass is 9.47. The highest BCUT2D eigenvalue weighted by Gasteiger charge is 2.59. The van der Waals surface area contributed by atoms with Gasteiger partial charge >= 0.3 is 5.97 Å². The smallest absolute Gasteiger partial charge is 0.316 e. The molecule has 3 fully saturated rings. The van der Waals surface area contributed by atoms with Gasteiger partial charge in [-0.15, -0.1) is 11.8 Å². The van der Waals surface area contributed by atoms with Crippen LogP contribution < -0.4 is 11.1 Å². The first-order valence-electron chi connectivity index (χ1n) is 18.4. The topological polar surface area (TPSA) is 81.4 Å². The van der Waals surface area contributed by atoms with Crippen LogP contribution in [0.25, 0.3) is 0 Å². The van der Waals surface area contributed by atoms with Gasteiger partial charge in [0, 0.05) is 17.7 Å². The number of primary amides is 1. The number of carbonyl (C=O) groups excluding carboxylic acids is 2. The predicted molar refractivity (Wildman–Crippen MR) is 190 cm³/mol. The number of amides is 1. The fraction of sp³-hybridized carbons (Fsp3) is 0.897. The van der Waals surface area contributed by atoms with E-state index in [4.69, 9.17) is 10.5 Å². The van der Waals surface area contributed by atoms with E-state index in [-0.39, 0.29) is 40.1 Å². The second-order valence-electron chi connectivity index (χ2n) is 18.1. The Morgan fingerprint density at radius 3 is 2.38 bits per heavy atom. The molecule has 0 aliphatic heterocycles. The molecule has 0 heterocycles. The minimum Gasteiger partial charge on any atom is -0.461 e. The highest BCUT2D eigenvalue weighted by atomic mass is 32.2. The minimum absolute atomic E-state index is 0.0322. The summed E-state index contributed by atoms with van der Waals surface area (Å²) in [5.41, 5.74) is 7.71. The maximum Gasteiger partial charge on any atom is 0.316 e. The molecule has 0 radical (unpaired) electrons. The van der Waals surface area contributed by atoms with Crippen LogP contribution in [0.4, 0.5) is 0 Å². The molecule has 5 nitrogen and oxygen atoms in total. The maximum absolute atomic E-state index is 12.9. The van der Waals surface area contributed by atoms with Gasteiger partial charge in [0.2, 0.25) is 5.91 Å². The molecule has 0 bridgehead atoms. The number of fused-ring (bicyclic) bond motifs is 5. The molecule has 3 N–H and O–H groups in total. The van der Waals surface area contributed by atoms with E-state index in [2.05, 4.69) is 80.6 Å². The number of thioether (sulfide) groups is 1. The lowest BCUT2D eigenvalue weighted by molar-refractivity contribution is -0.148. The molecular formula is C39H68N2O3S. The Kier molecular flexibility index (Phi) is 11.6. The molecule has 0 aromatic carbocycles. The average Bonchev–Trinajstić information content (AvgIpc) is 3.29. The molecule has 258 valence electrons. The Morgan fingerprint density at radius 2 is 1.73 bits per heavy atom. The number of rotatable bonds is 13. The van der Waals surface area contributed by atoms with Gasteiger partial charge in [-0.25, -0.2) is 0 Å². The number of ether oxygens (including phenoxy) is 1. The predicted octanol–water partition coefficient (Wildman–Crippen LogP) is 8.94. The van der Waals surface area contributed by atoms with Gasteiger partial charge in [-0.2, -0.15) is 0 Å². The first-order chi connectivity index (χ1) is 20.9. The van der Waals surface area contributed by atoms with E-state index in [0.29, 0.717) is 11.2 Å². The Labute approximate surface area is 280 Å². The van der Waals surface area contributed by atoms with Gasteiger partial charge in [0.1, 0.15) is 6.10 Å². The van der Waals surface area contributed by atoms with Crippen molar-refractivity contribution < 1.29 is 14.3 Å². The Balaban J connectivity index is 1.30. The van der Waals surface area contributed by atoms with E-state index >= 15 is 0 Å². The van der Waals surface area contributed by atoms with Crippen LogP contribution in [0.5, 0.6) is 0 Å². The van der Waals surface area contributed by atoms with Crippen molar-refractivity contribution in [3.8, 4) is 0 Å². The van der Waals surface area contributed by atoms with Gasteiger partial charge in [-0.3, -0.25) is 14.9 Å². The molecule has 3 saturated carbocycles. The fourth-order valence-corrected chi connectivity index (χ4v) is 10.9. The van der Waals surface area contributed by atoms with Crippen molar-refractivity contribution in [3.05, 3.63) is 11.6 Å². The molecule has 4 rings (SSSR count). The SMILES string of the molecule is CC(C)CCC[C@@H](C)[C@H]1CC[C@H]2[C@@H]3CC=C4CC(OC(=O)CSC[C@H](NC(C)(C)C(C)(C)C)C(N)=O)CC[C@]4(C)[C@H]3CC[C@]12C. The number of allylic oxidation sites excluding steroid dienone is 1. The lowest BCUT2D eigenvalue weighted by Gasteiger charge is -2.58. The quantitative estimate of drug-likeness (QED) is 0.155. The van der Waals surface area contributed by atoms with Gasteiger partial charge in [0.05, 0.1) is 11.8 Å². The number of hydrogen-bond donors (Lipinski definition) is 2. The van der Waals surface area contributed by atoms with Crippen molar-refractivity contribution in [3.63, 3.8) is 0 Å². The summed E-state index contributed by atoms with van der Waals surface area (Å²) in [5, 5.41) is 3.43. The van der Waals surface area contributed by atoms with Crippen LogP contribution in [0.3, 0.4) is 0 Å². The average molecular weight is 645 g/mol. The zero-order valence-electron chi connectivity index (χ0n) is 30.6. The second-order valence-corrected chi connectivity index (χ2v) is 19.2. The number of nitrogens with one attached hydrogen (secondary N) is 1. The number of hydrogen-bond acceptors (Lipinski definition) is 5. The molecule has 0 saturated heterocycles. The van der Waals surface area contributed by atoms with Crippen molar-refractivity contribution in [1.29, 1.82) is 0 Å². The Bertz CT molecular complexity index is 1080. The largest absolute Gasteiger partial charge is 0.461 e. The summed E-state index contributed by atoms with van der Waals surface area (Å²) in [6.45, 7) is 23.1. The van der Waals surface area contributed by atoms with E-state index in [1.807, 2.05) is 0 Å². The van der Waals surface area contributed by atoms with Gasteiger partial charge in [-0.05, 0) is 111 Å². The fourth-order valence-electron chi connectivity index (χ4n) is 10.1. The Morgan fingerprint density at radius 1 is 1.02 bits per heavy atom. The van der Waals surface area contributed by atoms with Crippen LogP contribution in [0, 0.1) is 51.8 Å². The van der Waals surface area contributed by atoms with Crippen molar-refractivity contribution in [2.24, 2.45) is 57.5 Å². The molecule has 1 amide bonds. The molecule has 0 aromatic heterocycles. The van der Waals surface area contributed by atoms with Crippen LogP contribution in [0.1, 0.15) is 140 Å². The Hall–Kier alpha value is -1.01. The summed E-state index contributed by atoms with van der Waals surface area (Å²) in [5.74, 6) is 5.15. The first kappa shape index (κ1) is 36.8. The van der Waals surface area contributed by atoms with Gasteiger partial charge in [0.15, 0.2) is 0 Å². The van der Waals surface area contributed by atoms with Gasteiger partial charge in [0.25, 0.3) is 0 Å². The normalized spacial score (nSPS) is 34.7. The van der Waals surface area contributed by atoms with Crippen LogP contribution in [-0.2, 0) is 14.3 Å². The third kappa shape index (κ3) is 8.01.